The molecule has 5 nitrogen and oxygen atoms in total. The average molecular weight is 312 g/mol. The quantitative estimate of drug-likeness (QED) is 0.528. The molecule has 1 atom stereocenters. The zero-order valence-electron chi connectivity index (χ0n) is 13.2. The van der Waals surface area contributed by atoms with Crippen LogP contribution in [-0.4, -0.2) is 34.7 Å². The van der Waals surface area contributed by atoms with E-state index in [1.165, 1.54) is 0 Å². The van der Waals surface area contributed by atoms with Crippen LogP contribution in [0.3, 0.4) is 0 Å². The topological polar surface area (TPSA) is 66.5 Å². The number of rotatable bonds is 4. The summed E-state index contributed by atoms with van der Waals surface area (Å²) in [6.07, 6.45) is 5.91. The van der Waals surface area contributed by atoms with Gasteiger partial charge in [-0.2, -0.15) is 0 Å². The highest BCUT2D eigenvalue weighted by Gasteiger charge is 2.50. The molecule has 0 radical (unpaired) electrons. The van der Waals surface area contributed by atoms with Gasteiger partial charge >= 0.3 is 6.03 Å². The Labute approximate surface area is 135 Å². The Balaban J connectivity index is 1.79. The van der Waals surface area contributed by atoms with Gasteiger partial charge in [-0.25, -0.2) is 4.79 Å². The van der Waals surface area contributed by atoms with Crippen molar-refractivity contribution in [1.29, 1.82) is 0 Å². The monoisotopic (exact) mass is 312 g/mol. The summed E-state index contributed by atoms with van der Waals surface area (Å²) in [5.74, 6) is -0.573. The van der Waals surface area contributed by atoms with Crippen molar-refractivity contribution in [2.24, 2.45) is 0 Å². The number of hydrogen-bond acceptors (Lipinski definition) is 3. The summed E-state index contributed by atoms with van der Waals surface area (Å²) in [6, 6.07) is 8.21. The van der Waals surface area contributed by atoms with Crippen LogP contribution in [0.15, 0.2) is 42.0 Å². The third-order valence-electron chi connectivity index (χ3n) is 4.61. The minimum Gasteiger partial charge on any atom is -0.320 e. The molecule has 0 bridgehead atoms. The molecule has 0 spiro atoms. The van der Waals surface area contributed by atoms with Crippen LogP contribution in [0.25, 0.3) is 0 Å². The summed E-state index contributed by atoms with van der Waals surface area (Å²) >= 11 is 0. The van der Waals surface area contributed by atoms with Crippen molar-refractivity contribution in [2.75, 3.05) is 6.54 Å². The number of benzene rings is 1. The highest BCUT2D eigenvalue weighted by molar-refractivity contribution is 6.12. The van der Waals surface area contributed by atoms with Crippen LogP contribution in [0.1, 0.15) is 43.0 Å². The minimum absolute atomic E-state index is 0.225. The van der Waals surface area contributed by atoms with Gasteiger partial charge in [-0.15, -0.1) is 0 Å². The normalized spacial score (nSPS) is 24.4. The molecule has 1 unspecified atom stereocenters. The van der Waals surface area contributed by atoms with Crippen LogP contribution in [0.2, 0.25) is 0 Å². The van der Waals surface area contributed by atoms with Crippen LogP contribution < -0.4 is 5.32 Å². The Kier molecular flexibility index (Phi) is 4.03. The van der Waals surface area contributed by atoms with Crippen molar-refractivity contribution in [1.82, 2.24) is 10.2 Å². The predicted molar refractivity (Wildman–Crippen MR) is 86.0 cm³/mol. The fraction of sp³-hybridized carbons (Fsp3) is 0.389. The summed E-state index contributed by atoms with van der Waals surface area (Å²) < 4.78 is 0. The number of hydrogen-bond donors (Lipinski definition) is 1. The molecule has 1 aromatic carbocycles. The lowest BCUT2D eigenvalue weighted by atomic mass is 9.84. The van der Waals surface area contributed by atoms with Gasteiger partial charge in [0.05, 0.1) is 6.54 Å². The highest BCUT2D eigenvalue weighted by Crippen LogP contribution is 2.32. The first-order valence-corrected chi connectivity index (χ1v) is 7.94. The molecule has 2 aliphatic rings. The molecule has 5 heteroatoms. The maximum atomic E-state index is 12.8. The number of Topliss-reactive ketones (excluding diaryl/α,β-unsaturated/α-hetero) is 1. The maximum Gasteiger partial charge on any atom is 0.325 e. The van der Waals surface area contributed by atoms with Gasteiger partial charge in [0, 0.05) is 5.56 Å². The first-order chi connectivity index (χ1) is 11.0. The third kappa shape index (κ3) is 2.79. The van der Waals surface area contributed by atoms with Crippen LogP contribution in [0, 0.1) is 0 Å². The van der Waals surface area contributed by atoms with Crippen LogP contribution in [0.5, 0.6) is 0 Å². The first-order valence-electron chi connectivity index (χ1n) is 7.94. The van der Waals surface area contributed by atoms with Crippen LogP contribution in [0.4, 0.5) is 4.79 Å². The van der Waals surface area contributed by atoms with Gasteiger partial charge in [-0.1, -0.05) is 36.4 Å². The Morgan fingerprint density at radius 1 is 1.22 bits per heavy atom. The molecular weight excluding hydrogens is 292 g/mol. The number of nitrogens with zero attached hydrogens (tertiary/aromatic N) is 1. The molecule has 120 valence electrons. The number of allylic oxidation sites excluding steroid dienone is 1. The molecule has 3 rings (SSSR count). The number of carbonyl (C=O) groups is 3. The van der Waals surface area contributed by atoms with Gasteiger partial charge in [-0.05, 0) is 38.2 Å². The number of carbonyl (C=O) groups excluding carboxylic acids is 3. The standard InChI is InChI=1S/C18H20N2O3/c1-18(14-10-6-3-7-11-14)16(22)20(17(23)19-18)12-15(21)13-8-4-2-5-9-13/h2,4-5,8-10H,3,6-7,11-12H2,1H3,(H,19,23). The van der Waals surface area contributed by atoms with Crippen molar-refractivity contribution in [3.63, 3.8) is 0 Å². The van der Waals surface area contributed by atoms with Crippen molar-refractivity contribution in [3.8, 4) is 0 Å². The van der Waals surface area contributed by atoms with Crippen molar-refractivity contribution < 1.29 is 14.4 Å². The van der Waals surface area contributed by atoms with E-state index >= 15 is 0 Å². The van der Waals surface area contributed by atoms with Gasteiger partial charge in [0.25, 0.3) is 5.91 Å². The Hall–Kier alpha value is -2.43. The predicted octanol–water partition coefficient (Wildman–Crippen LogP) is 2.68. The minimum atomic E-state index is -1.01. The van der Waals surface area contributed by atoms with Crippen LogP contribution >= 0.6 is 0 Å². The van der Waals surface area contributed by atoms with E-state index in [1.54, 1.807) is 31.2 Å². The molecule has 23 heavy (non-hydrogen) atoms. The number of nitrogens with one attached hydrogen (secondary N) is 1. The summed E-state index contributed by atoms with van der Waals surface area (Å²) in [7, 11) is 0. The molecule has 1 fully saturated rings. The molecule has 1 heterocycles. The molecule has 1 N–H and O–H groups in total. The second-order valence-electron chi connectivity index (χ2n) is 6.21. The fourth-order valence-electron chi connectivity index (χ4n) is 3.21. The van der Waals surface area contributed by atoms with E-state index in [2.05, 4.69) is 5.32 Å². The summed E-state index contributed by atoms with van der Waals surface area (Å²) in [5, 5.41) is 2.77. The van der Waals surface area contributed by atoms with Crippen molar-refractivity contribution in [3.05, 3.63) is 47.5 Å². The van der Waals surface area contributed by atoms with E-state index in [9.17, 15) is 14.4 Å². The smallest absolute Gasteiger partial charge is 0.320 e. The van der Waals surface area contributed by atoms with E-state index < -0.39 is 11.6 Å². The van der Waals surface area contributed by atoms with Crippen LogP contribution in [-0.2, 0) is 4.79 Å². The number of urea groups is 1. The lowest BCUT2D eigenvalue weighted by Crippen LogP contribution is -2.46. The summed E-state index contributed by atoms with van der Waals surface area (Å²) in [6.45, 7) is 1.51. The van der Waals surface area contributed by atoms with Crippen molar-refractivity contribution in [2.45, 2.75) is 38.1 Å². The number of ketones is 1. The molecule has 3 amide bonds. The van der Waals surface area contributed by atoms with E-state index in [0.29, 0.717) is 5.56 Å². The zero-order chi connectivity index (χ0) is 16.4. The van der Waals surface area contributed by atoms with E-state index in [4.69, 9.17) is 0 Å². The summed E-state index contributed by atoms with van der Waals surface area (Å²) in [5.41, 5.74) is 0.449. The largest absolute Gasteiger partial charge is 0.325 e. The Morgan fingerprint density at radius 3 is 2.61 bits per heavy atom. The van der Waals surface area contributed by atoms with E-state index in [1.807, 2.05) is 12.1 Å². The van der Waals surface area contributed by atoms with Gasteiger partial charge in [0.1, 0.15) is 5.54 Å². The molecule has 0 aromatic heterocycles. The van der Waals surface area contributed by atoms with Gasteiger partial charge < -0.3 is 5.32 Å². The van der Waals surface area contributed by atoms with Gasteiger partial charge in [0.2, 0.25) is 0 Å². The van der Waals surface area contributed by atoms with E-state index in [0.717, 1.165) is 36.2 Å². The maximum absolute atomic E-state index is 12.8. The molecule has 1 aliphatic heterocycles. The SMILES string of the molecule is CC1(C2=CCCCC2)NC(=O)N(CC(=O)c2ccccc2)C1=O. The molecule has 0 saturated carbocycles. The average Bonchev–Trinajstić information content (AvgIpc) is 2.81. The van der Waals surface area contributed by atoms with Gasteiger partial charge in [0.15, 0.2) is 5.78 Å². The fourth-order valence-corrected chi connectivity index (χ4v) is 3.21. The first kappa shape index (κ1) is 15.5. The van der Waals surface area contributed by atoms with Crippen molar-refractivity contribution >= 4 is 17.7 Å². The number of amides is 3. The third-order valence-corrected chi connectivity index (χ3v) is 4.61. The molecule has 1 aliphatic carbocycles. The lowest BCUT2D eigenvalue weighted by molar-refractivity contribution is -0.129. The highest BCUT2D eigenvalue weighted by atomic mass is 16.2. The molecule has 1 saturated heterocycles. The zero-order valence-corrected chi connectivity index (χ0v) is 13.2. The van der Waals surface area contributed by atoms with E-state index in [-0.39, 0.29) is 18.2 Å². The second-order valence-corrected chi connectivity index (χ2v) is 6.21. The lowest BCUT2D eigenvalue weighted by Gasteiger charge is -2.27. The Bertz CT molecular complexity index is 681. The van der Waals surface area contributed by atoms with Gasteiger partial charge in [-0.3, -0.25) is 14.5 Å². The summed E-state index contributed by atoms with van der Waals surface area (Å²) in [4.78, 5) is 38.3. The Morgan fingerprint density at radius 2 is 1.96 bits per heavy atom. The number of imide groups is 1. The molecular formula is C18H20N2O3. The second kappa shape index (κ2) is 5.99. The molecule has 1 aromatic rings.